The van der Waals surface area contributed by atoms with Crippen LogP contribution in [0.5, 0.6) is 0 Å². The zero-order valence-electron chi connectivity index (χ0n) is 14.1. The molecule has 0 atom stereocenters. The Balaban J connectivity index is 1.65. The molecular formula is C19H16F4N2O2. The lowest BCUT2D eigenvalue weighted by Crippen LogP contribution is -2.50. The highest BCUT2D eigenvalue weighted by Crippen LogP contribution is 2.44. The molecule has 0 spiro atoms. The van der Waals surface area contributed by atoms with Gasteiger partial charge in [0.15, 0.2) is 17.5 Å². The number of hydrogen-bond acceptors (Lipinski definition) is 2. The maximum Gasteiger partial charge on any atom is 0.243 e. The van der Waals surface area contributed by atoms with Gasteiger partial charge in [-0.1, -0.05) is 18.6 Å². The first kappa shape index (κ1) is 18.9. The summed E-state index contributed by atoms with van der Waals surface area (Å²) in [5, 5.41) is 4.52. The van der Waals surface area contributed by atoms with Crippen LogP contribution in [0.2, 0.25) is 0 Å². The van der Waals surface area contributed by atoms with Gasteiger partial charge in [-0.15, -0.1) is 0 Å². The van der Waals surface area contributed by atoms with Crippen LogP contribution in [0.25, 0.3) is 0 Å². The summed E-state index contributed by atoms with van der Waals surface area (Å²) >= 11 is 0. The summed E-state index contributed by atoms with van der Waals surface area (Å²) in [7, 11) is 0. The molecule has 1 fully saturated rings. The topological polar surface area (TPSA) is 58.2 Å². The van der Waals surface area contributed by atoms with Crippen LogP contribution in [0.1, 0.15) is 24.8 Å². The Morgan fingerprint density at radius 2 is 1.74 bits per heavy atom. The van der Waals surface area contributed by atoms with E-state index in [1.54, 1.807) is 6.07 Å². The van der Waals surface area contributed by atoms with Gasteiger partial charge in [-0.25, -0.2) is 17.6 Å². The molecule has 142 valence electrons. The van der Waals surface area contributed by atoms with Crippen molar-refractivity contribution in [3.63, 3.8) is 0 Å². The molecule has 2 aromatic carbocycles. The summed E-state index contributed by atoms with van der Waals surface area (Å²) in [5.74, 6) is -6.30. The average Bonchev–Trinajstić information content (AvgIpc) is 2.60. The fourth-order valence-electron chi connectivity index (χ4n) is 3.11. The summed E-state index contributed by atoms with van der Waals surface area (Å²) in [6.07, 6.45) is 1.82. The monoisotopic (exact) mass is 380 g/mol. The van der Waals surface area contributed by atoms with E-state index in [0.29, 0.717) is 24.5 Å². The van der Waals surface area contributed by atoms with Gasteiger partial charge < -0.3 is 10.6 Å². The third-order valence-electron chi connectivity index (χ3n) is 4.74. The smallest absolute Gasteiger partial charge is 0.243 e. The molecule has 3 rings (SSSR count). The minimum atomic E-state index is -1.70. The lowest BCUT2D eigenvalue weighted by atomic mass is 9.64. The van der Waals surface area contributed by atoms with Crippen LogP contribution in [0, 0.1) is 23.3 Å². The van der Waals surface area contributed by atoms with Crippen molar-refractivity contribution in [2.75, 3.05) is 11.9 Å². The van der Waals surface area contributed by atoms with Gasteiger partial charge in [0.05, 0.1) is 17.6 Å². The third-order valence-corrected chi connectivity index (χ3v) is 4.74. The van der Waals surface area contributed by atoms with Crippen molar-refractivity contribution >= 4 is 17.5 Å². The van der Waals surface area contributed by atoms with E-state index >= 15 is 0 Å². The molecular weight excluding hydrogens is 364 g/mol. The molecule has 0 aromatic heterocycles. The van der Waals surface area contributed by atoms with Crippen LogP contribution >= 0.6 is 0 Å². The number of carbonyl (C=O) groups is 2. The molecule has 0 heterocycles. The van der Waals surface area contributed by atoms with Crippen molar-refractivity contribution in [3.05, 3.63) is 65.2 Å². The van der Waals surface area contributed by atoms with E-state index in [1.165, 1.54) is 18.2 Å². The van der Waals surface area contributed by atoms with Gasteiger partial charge in [-0.05, 0) is 42.7 Å². The number of halogens is 4. The van der Waals surface area contributed by atoms with Gasteiger partial charge >= 0.3 is 0 Å². The third kappa shape index (κ3) is 3.65. The molecule has 27 heavy (non-hydrogen) atoms. The van der Waals surface area contributed by atoms with Crippen molar-refractivity contribution in [2.24, 2.45) is 0 Å². The van der Waals surface area contributed by atoms with Gasteiger partial charge in [0.2, 0.25) is 11.8 Å². The van der Waals surface area contributed by atoms with E-state index in [9.17, 15) is 27.2 Å². The molecule has 2 N–H and O–H groups in total. The molecule has 0 unspecified atom stereocenters. The number of nitrogens with one attached hydrogen (secondary N) is 2. The molecule has 2 aromatic rings. The zero-order valence-corrected chi connectivity index (χ0v) is 14.1. The van der Waals surface area contributed by atoms with E-state index in [0.717, 1.165) is 12.5 Å². The molecule has 0 bridgehead atoms. The van der Waals surface area contributed by atoms with Crippen molar-refractivity contribution < 1.29 is 27.2 Å². The second-order valence-corrected chi connectivity index (χ2v) is 6.40. The molecule has 0 saturated heterocycles. The molecule has 1 aliphatic rings. The molecule has 2 amide bonds. The number of rotatable bonds is 5. The Morgan fingerprint density at radius 1 is 1.00 bits per heavy atom. The number of hydrogen-bond donors (Lipinski definition) is 2. The standard InChI is InChI=1S/C19H16F4N2O2/c20-12-4-1-3-11(9-12)19(7-2-8-19)18(27)24-10-15(26)25-14-6-5-13(21)16(22)17(14)23/h1,3-6,9H,2,7-8,10H2,(H,24,27)(H,25,26). The van der Waals surface area contributed by atoms with E-state index in [4.69, 9.17) is 0 Å². The Bertz CT molecular complexity index is 897. The first-order valence-corrected chi connectivity index (χ1v) is 8.31. The SMILES string of the molecule is O=C(CNC(=O)C1(c2cccc(F)c2)CCC1)Nc1ccc(F)c(F)c1F. The van der Waals surface area contributed by atoms with Crippen molar-refractivity contribution in [1.82, 2.24) is 5.32 Å². The van der Waals surface area contributed by atoms with Crippen LogP contribution in [-0.4, -0.2) is 18.4 Å². The first-order chi connectivity index (χ1) is 12.8. The summed E-state index contributed by atoms with van der Waals surface area (Å²) in [5.41, 5.74) is -0.912. The average molecular weight is 380 g/mol. The number of amides is 2. The van der Waals surface area contributed by atoms with Crippen LogP contribution < -0.4 is 10.6 Å². The molecule has 1 aliphatic carbocycles. The highest BCUT2D eigenvalue weighted by Gasteiger charge is 2.45. The largest absolute Gasteiger partial charge is 0.346 e. The second kappa shape index (κ2) is 7.38. The fourth-order valence-corrected chi connectivity index (χ4v) is 3.11. The second-order valence-electron chi connectivity index (χ2n) is 6.40. The first-order valence-electron chi connectivity index (χ1n) is 8.31. The Hall–Kier alpha value is -2.90. The zero-order chi connectivity index (χ0) is 19.6. The van der Waals surface area contributed by atoms with E-state index in [2.05, 4.69) is 10.6 Å². The highest BCUT2D eigenvalue weighted by molar-refractivity contribution is 5.97. The number of benzene rings is 2. The van der Waals surface area contributed by atoms with Gasteiger partial charge in [0.25, 0.3) is 0 Å². The van der Waals surface area contributed by atoms with Gasteiger partial charge in [0, 0.05) is 0 Å². The molecule has 0 radical (unpaired) electrons. The summed E-state index contributed by atoms with van der Waals surface area (Å²) in [6, 6.07) is 7.29. The molecule has 4 nitrogen and oxygen atoms in total. The van der Waals surface area contributed by atoms with E-state index in [-0.39, 0.29) is 0 Å². The maximum atomic E-state index is 13.6. The molecule has 1 saturated carbocycles. The quantitative estimate of drug-likeness (QED) is 0.617. The predicted molar refractivity (Wildman–Crippen MR) is 89.9 cm³/mol. The molecule has 0 aliphatic heterocycles. The predicted octanol–water partition coefficient (Wildman–Crippen LogP) is 3.42. The maximum absolute atomic E-state index is 13.6. The lowest BCUT2D eigenvalue weighted by molar-refractivity contribution is -0.131. The Kier molecular flexibility index (Phi) is 5.16. The van der Waals surface area contributed by atoms with Gasteiger partial charge in [-0.3, -0.25) is 9.59 Å². The summed E-state index contributed by atoms with van der Waals surface area (Å²) < 4.78 is 53.2. The minimum absolute atomic E-state index is 0.444. The van der Waals surface area contributed by atoms with Crippen LogP contribution in [-0.2, 0) is 15.0 Å². The van der Waals surface area contributed by atoms with Crippen molar-refractivity contribution in [3.8, 4) is 0 Å². The van der Waals surface area contributed by atoms with Gasteiger partial charge in [0.1, 0.15) is 5.82 Å². The highest BCUT2D eigenvalue weighted by atomic mass is 19.2. The van der Waals surface area contributed by atoms with Crippen LogP contribution in [0.15, 0.2) is 36.4 Å². The normalized spacial score (nSPS) is 15.0. The number of carbonyl (C=O) groups excluding carboxylic acids is 2. The Labute approximate surface area is 152 Å². The van der Waals surface area contributed by atoms with Crippen molar-refractivity contribution in [1.29, 1.82) is 0 Å². The lowest BCUT2D eigenvalue weighted by Gasteiger charge is -2.40. The minimum Gasteiger partial charge on any atom is -0.346 e. The number of anilines is 1. The summed E-state index contributed by atoms with van der Waals surface area (Å²) in [6.45, 7) is -0.492. The van der Waals surface area contributed by atoms with E-state index < -0.39 is 52.7 Å². The fraction of sp³-hybridized carbons (Fsp3) is 0.263. The van der Waals surface area contributed by atoms with Crippen molar-refractivity contribution in [2.45, 2.75) is 24.7 Å². The van der Waals surface area contributed by atoms with Crippen LogP contribution in [0.4, 0.5) is 23.2 Å². The van der Waals surface area contributed by atoms with Gasteiger partial charge in [-0.2, -0.15) is 0 Å². The Morgan fingerprint density at radius 3 is 2.37 bits per heavy atom. The van der Waals surface area contributed by atoms with E-state index in [1.807, 2.05) is 0 Å². The summed E-state index contributed by atoms with van der Waals surface area (Å²) in [4.78, 5) is 24.5. The molecule has 8 heteroatoms. The van der Waals surface area contributed by atoms with Crippen LogP contribution in [0.3, 0.4) is 0 Å².